The average Bonchev–Trinajstić information content (AvgIpc) is 1.96. The van der Waals surface area contributed by atoms with Gasteiger partial charge in [0.2, 0.25) is 0 Å². The Balaban J connectivity index is 0. The normalized spacial score (nSPS) is 10.3. The molecule has 1 atom stereocenters. The SMILES string of the molecule is CC(C)N(OCCC#N)C(C)C.P. The van der Waals surface area contributed by atoms with Crippen LogP contribution < -0.4 is 0 Å². The first-order valence-electron chi connectivity index (χ1n) is 4.37. The van der Waals surface area contributed by atoms with Crippen LogP contribution >= 0.6 is 9.90 Å². The van der Waals surface area contributed by atoms with Gasteiger partial charge in [0.05, 0.1) is 19.1 Å². The summed E-state index contributed by atoms with van der Waals surface area (Å²) in [5, 5.41) is 10.2. The van der Waals surface area contributed by atoms with E-state index in [1.54, 1.807) is 0 Å². The Morgan fingerprint density at radius 2 is 1.69 bits per heavy atom. The third-order valence-corrected chi connectivity index (χ3v) is 1.47. The molecule has 0 fully saturated rings. The molecule has 0 saturated carbocycles. The molecule has 0 aromatic carbocycles. The van der Waals surface area contributed by atoms with Gasteiger partial charge >= 0.3 is 0 Å². The maximum absolute atomic E-state index is 8.31. The van der Waals surface area contributed by atoms with Gasteiger partial charge in [0.1, 0.15) is 0 Å². The number of hydroxylamine groups is 2. The predicted molar refractivity (Wildman–Crippen MR) is 59.4 cm³/mol. The molecule has 0 N–H and O–H groups in total. The quantitative estimate of drug-likeness (QED) is 0.390. The van der Waals surface area contributed by atoms with Gasteiger partial charge in [-0.3, -0.25) is 4.84 Å². The molecule has 78 valence electrons. The van der Waals surface area contributed by atoms with Gasteiger partial charge in [-0.05, 0) is 27.7 Å². The molecule has 0 heterocycles. The number of nitriles is 1. The van der Waals surface area contributed by atoms with Crippen LogP contribution in [0.5, 0.6) is 0 Å². The smallest absolute Gasteiger partial charge is 0.0815 e. The summed E-state index contributed by atoms with van der Waals surface area (Å²) in [5.41, 5.74) is 0. The molecule has 0 spiro atoms. The van der Waals surface area contributed by atoms with Crippen molar-refractivity contribution in [3.63, 3.8) is 0 Å². The highest BCUT2D eigenvalue weighted by atomic mass is 31.0. The van der Waals surface area contributed by atoms with Gasteiger partial charge in [0.15, 0.2) is 0 Å². The van der Waals surface area contributed by atoms with Crippen molar-refractivity contribution < 1.29 is 4.84 Å². The van der Waals surface area contributed by atoms with Crippen LogP contribution in [0.3, 0.4) is 0 Å². The van der Waals surface area contributed by atoms with Crippen molar-refractivity contribution in [3.8, 4) is 6.07 Å². The fourth-order valence-corrected chi connectivity index (χ4v) is 1.09. The fraction of sp³-hybridized carbons (Fsp3) is 0.889. The van der Waals surface area contributed by atoms with Crippen LogP contribution in [-0.2, 0) is 4.84 Å². The third-order valence-electron chi connectivity index (χ3n) is 1.47. The number of rotatable bonds is 5. The van der Waals surface area contributed by atoms with Gasteiger partial charge < -0.3 is 0 Å². The van der Waals surface area contributed by atoms with Crippen LogP contribution in [0.2, 0.25) is 0 Å². The summed E-state index contributed by atoms with van der Waals surface area (Å²) in [6.45, 7) is 8.80. The van der Waals surface area contributed by atoms with E-state index >= 15 is 0 Å². The lowest BCUT2D eigenvalue weighted by atomic mass is 10.3. The average molecular weight is 204 g/mol. The van der Waals surface area contributed by atoms with E-state index in [9.17, 15) is 0 Å². The minimum absolute atomic E-state index is 0. The predicted octanol–water partition coefficient (Wildman–Crippen LogP) is 2.01. The summed E-state index contributed by atoms with van der Waals surface area (Å²) >= 11 is 0. The summed E-state index contributed by atoms with van der Waals surface area (Å²) in [6, 6.07) is 2.78. The van der Waals surface area contributed by atoms with E-state index in [2.05, 4.69) is 27.7 Å². The molecular weight excluding hydrogens is 183 g/mol. The second-order valence-corrected chi connectivity index (χ2v) is 3.29. The lowest BCUT2D eigenvalue weighted by molar-refractivity contribution is -0.197. The monoisotopic (exact) mass is 204 g/mol. The van der Waals surface area contributed by atoms with Crippen LogP contribution in [0.1, 0.15) is 34.1 Å². The highest BCUT2D eigenvalue weighted by Gasteiger charge is 2.13. The number of hydrogen-bond acceptors (Lipinski definition) is 3. The zero-order valence-corrected chi connectivity index (χ0v) is 10.5. The van der Waals surface area contributed by atoms with E-state index in [0.717, 1.165) is 0 Å². The van der Waals surface area contributed by atoms with Crippen molar-refractivity contribution in [2.45, 2.75) is 46.2 Å². The van der Waals surface area contributed by atoms with Crippen LogP contribution in [0.15, 0.2) is 0 Å². The molecule has 0 rings (SSSR count). The molecule has 4 heteroatoms. The van der Waals surface area contributed by atoms with E-state index in [0.29, 0.717) is 25.1 Å². The molecule has 0 aromatic rings. The zero-order valence-electron chi connectivity index (χ0n) is 9.08. The summed E-state index contributed by atoms with van der Waals surface area (Å²) in [5.74, 6) is 0. The molecule has 0 aliphatic carbocycles. The van der Waals surface area contributed by atoms with Crippen molar-refractivity contribution >= 4 is 9.90 Å². The van der Waals surface area contributed by atoms with E-state index < -0.39 is 0 Å². The van der Waals surface area contributed by atoms with E-state index in [-0.39, 0.29) is 9.90 Å². The summed E-state index contributed by atoms with van der Waals surface area (Å²) in [4.78, 5) is 5.42. The number of hydrogen-bond donors (Lipinski definition) is 0. The van der Waals surface area contributed by atoms with Gasteiger partial charge in [-0.15, -0.1) is 0 Å². The molecule has 0 aromatic heterocycles. The molecule has 0 radical (unpaired) electrons. The molecule has 13 heavy (non-hydrogen) atoms. The molecule has 0 aliphatic heterocycles. The van der Waals surface area contributed by atoms with Gasteiger partial charge in [0, 0.05) is 12.1 Å². The minimum atomic E-state index is 0. The second-order valence-electron chi connectivity index (χ2n) is 3.29. The summed E-state index contributed by atoms with van der Waals surface area (Å²) in [6.07, 6.45) is 0.454. The third kappa shape index (κ3) is 6.95. The molecule has 0 amide bonds. The summed E-state index contributed by atoms with van der Waals surface area (Å²) in [7, 11) is 0. The zero-order chi connectivity index (χ0) is 9.56. The van der Waals surface area contributed by atoms with Crippen molar-refractivity contribution in [3.05, 3.63) is 0 Å². The molecule has 0 bridgehead atoms. The first-order chi connectivity index (χ1) is 5.59. The summed E-state index contributed by atoms with van der Waals surface area (Å²) < 4.78 is 0. The highest BCUT2D eigenvalue weighted by Crippen LogP contribution is 2.05. The first-order valence-corrected chi connectivity index (χ1v) is 4.37. The lowest BCUT2D eigenvalue weighted by Gasteiger charge is -2.28. The van der Waals surface area contributed by atoms with Gasteiger partial charge in [-0.2, -0.15) is 20.2 Å². The first kappa shape index (κ1) is 15.3. The Hall–Kier alpha value is -0.160. The van der Waals surface area contributed by atoms with Crippen LogP contribution in [0.4, 0.5) is 0 Å². The van der Waals surface area contributed by atoms with Crippen molar-refractivity contribution in [1.82, 2.24) is 5.06 Å². The Labute approximate surface area is 84.6 Å². The molecule has 0 aliphatic rings. The highest BCUT2D eigenvalue weighted by molar-refractivity contribution is 6.92. The maximum Gasteiger partial charge on any atom is 0.0815 e. The van der Waals surface area contributed by atoms with Crippen molar-refractivity contribution in [2.75, 3.05) is 6.61 Å². The van der Waals surface area contributed by atoms with Crippen LogP contribution in [0.25, 0.3) is 0 Å². The Morgan fingerprint density at radius 3 is 2.00 bits per heavy atom. The molecule has 1 unspecified atom stereocenters. The van der Waals surface area contributed by atoms with Crippen molar-refractivity contribution in [2.24, 2.45) is 0 Å². The molecule has 3 nitrogen and oxygen atoms in total. The van der Waals surface area contributed by atoms with E-state index in [1.807, 2.05) is 11.1 Å². The Kier molecular flexibility index (Phi) is 9.94. The minimum Gasteiger partial charge on any atom is -0.297 e. The lowest BCUT2D eigenvalue weighted by Crippen LogP contribution is -2.37. The molecule has 0 saturated heterocycles. The standard InChI is InChI=1S/C9H18N2O.H3P/c1-8(2)11(9(3)4)12-7-5-6-10;/h8-9H,5,7H2,1-4H3;1H3. The van der Waals surface area contributed by atoms with Crippen LogP contribution in [0, 0.1) is 11.3 Å². The Morgan fingerprint density at radius 1 is 1.23 bits per heavy atom. The van der Waals surface area contributed by atoms with E-state index in [1.165, 1.54) is 0 Å². The van der Waals surface area contributed by atoms with Gasteiger partial charge in [-0.1, -0.05) is 0 Å². The topological polar surface area (TPSA) is 36.3 Å². The van der Waals surface area contributed by atoms with Gasteiger partial charge in [0.25, 0.3) is 0 Å². The second kappa shape index (κ2) is 8.44. The molecular formula is C9H21N2OP. The maximum atomic E-state index is 8.31. The van der Waals surface area contributed by atoms with Crippen molar-refractivity contribution in [1.29, 1.82) is 5.26 Å². The van der Waals surface area contributed by atoms with E-state index in [4.69, 9.17) is 10.1 Å². The fourth-order valence-electron chi connectivity index (χ4n) is 1.09. The largest absolute Gasteiger partial charge is 0.297 e. The van der Waals surface area contributed by atoms with Crippen LogP contribution in [-0.4, -0.2) is 23.8 Å². The Bertz CT molecular complexity index is 146. The van der Waals surface area contributed by atoms with Gasteiger partial charge in [-0.25, -0.2) is 0 Å². The number of nitrogens with zero attached hydrogens (tertiary/aromatic N) is 2.